The average molecular weight is 352 g/mol. The third kappa shape index (κ3) is 2.94. The number of methoxy groups -OCH3 is 1. The zero-order valence-electron chi connectivity index (χ0n) is 14.7. The van der Waals surface area contributed by atoms with Crippen molar-refractivity contribution in [1.29, 1.82) is 0 Å². The first-order valence-corrected chi connectivity index (χ1v) is 8.41. The second-order valence-electron chi connectivity index (χ2n) is 5.97. The van der Waals surface area contributed by atoms with Gasteiger partial charge in [-0.15, -0.1) is 0 Å². The first-order valence-electron chi connectivity index (χ1n) is 8.41. The number of Topliss-reactive ketones (excluding diaryl/α,β-unsaturated/α-hetero) is 1. The van der Waals surface area contributed by atoms with Crippen molar-refractivity contribution in [2.24, 2.45) is 0 Å². The van der Waals surface area contributed by atoms with Crippen molar-refractivity contribution < 1.29 is 19.4 Å². The van der Waals surface area contributed by atoms with E-state index in [1.165, 1.54) is 24.4 Å². The number of ketones is 1. The molecule has 6 heteroatoms. The fourth-order valence-corrected chi connectivity index (χ4v) is 3.23. The number of pyridine rings is 1. The van der Waals surface area contributed by atoms with Gasteiger partial charge in [-0.25, -0.2) is 0 Å². The van der Waals surface area contributed by atoms with E-state index >= 15 is 0 Å². The standard InChI is InChI=1S/C20H20N2O4/c1-3-12-22-17(14-6-4-5-7-15(14)26-2)16(19(24)20(22)25)18(23)13-8-10-21-11-9-13/h4-11,17,23H,3,12H2,1-2H3/b18-16-. The first-order chi connectivity index (χ1) is 12.6. The van der Waals surface area contributed by atoms with E-state index in [0.717, 1.165) is 0 Å². The highest BCUT2D eigenvalue weighted by Crippen LogP contribution is 2.42. The maximum Gasteiger partial charge on any atom is 0.295 e. The van der Waals surface area contributed by atoms with E-state index in [-0.39, 0.29) is 11.3 Å². The third-order valence-corrected chi connectivity index (χ3v) is 4.39. The summed E-state index contributed by atoms with van der Waals surface area (Å²) in [6.45, 7) is 2.34. The normalized spacial score (nSPS) is 19.0. The van der Waals surface area contributed by atoms with Crippen molar-refractivity contribution in [2.45, 2.75) is 19.4 Å². The quantitative estimate of drug-likeness (QED) is 0.508. The lowest BCUT2D eigenvalue weighted by Crippen LogP contribution is -2.30. The smallest absolute Gasteiger partial charge is 0.295 e. The Hall–Kier alpha value is -3.15. The number of hydrogen-bond acceptors (Lipinski definition) is 5. The fourth-order valence-electron chi connectivity index (χ4n) is 3.23. The molecule has 1 atom stereocenters. The summed E-state index contributed by atoms with van der Waals surface area (Å²) >= 11 is 0. The van der Waals surface area contributed by atoms with Crippen molar-refractivity contribution in [1.82, 2.24) is 9.88 Å². The first kappa shape index (κ1) is 17.7. The second kappa shape index (κ2) is 7.39. The molecule has 1 fully saturated rings. The highest BCUT2D eigenvalue weighted by atomic mass is 16.5. The minimum atomic E-state index is -0.695. The Morgan fingerprint density at radius 2 is 1.88 bits per heavy atom. The van der Waals surface area contributed by atoms with Crippen LogP contribution in [0.1, 0.15) is 30.5 Å². The summed E-state index contributed by atoms with van der Waals surface area (Å²) in [6, 6.07) is 9.71. The summed E-state index contributed by atoms with van der Waals surface area (Å²) in [4.78, 5) is 30.7. The van der Waals surface area contributed by atoms with Crippen LogP contribution in [0.15, 0.2) is 54.4 Å². The van der Waals surface area contributed by atoms with Crippen molar-refractivity contribution in [3.05, 3.63) is 65.5 Å². The average Bonchev–Trinajstić information content (AvgIpc) is 2.93. The molecule has 2 aromatic rings. The molecule has 0 radical (unpaired) electrons. The number of para-hydroxylation sites is 1. The summed E-state index contributed by atoms with van der Waals surface area (Å²) in [5, 5.41) is 10.8. The number of nitrogens with zero attached hydrogens (tertiary/aromatic N) is 2. The van der Waals surface area contributed by atoms with Gasteiger partial charge in [0.25, 0.3) is 11.7 Å². The Labute approximate surface area is 151 Å². The van der Waals surface area contributed by atoms with Crippen LogP contribution in [0, 0.1) is 0 Å². The zero-order valence-corrected chi connectivity index (χ0v) is 14.7. The van der Waals surface area contributed by atoms with Crippen LogP contribution in [-0.2, 0) is 9.59 Å². The van der Waals surface area contributed by atoms with Crippen LogP contribution >= 0.6 is 0 Å². The minimum Gasteiger partial charge on any atom is -0.507 e. The molecule has 26 heavy (non-hydrogen) atoms. The Balaban J connectivity index is 2.23. The summed E-state index contributed by atoms with van der Waals surface area (Å²) in [5.74, 6) is -0.955. The zero-order chi connectivity index (χ0) is 18.7. The Bertz CT molecular complexity index is 861. The molecule has 1 amide bonds. The number of likely N-dealkylation sites (tertiary alicyclic amines) is 1. The van der Waals surface area contributed by atoms with E-state index in [9.17, 15) is 14.7 Å². The fraction of sp³-hybridized carbons (Fsp3) is 0.250. The molecule has 1 aliphatic heterocycles. The van der Waals surface area contributed by atoms with Crippen LogP contribution in [0.25, 0.3) is 5.76 Å². The summed E-state index contributed by atoms with van der Waals surface area (Å²) in [7, 11) is 1.54. The van der Waals surface area contributed by atoms with Crippen LogP contribution in [0.5, 0.6) is 5.75 Å². The predicted octanol–water partition coefficient (Wildman–Crippen LogP) is 2.92. The number of ether oxygens (including phenoxy) is 1. The van der Waals surface area contributed by atoms with Gasteiger partial charge in [0.05, 0.1) is 18.7 Å². The Kier molecular flexibility index (Phi) is 5.02. The van der Waals surface area contributed by atoms with Crippen LogP contribution in [0.2, 0.25) is 0 Å². The number of rotatable bonds is 5. The van der Waals surface area contributed by atoms with E-state index < -0.39 is 17.7 Å². The van der Waals surface area contributed by atoms with Gasteiger partial charge in [-0.2, -0.15) is 0 Å². The molecular weight excluding hydrogens is 332 g/mol. The maximum absolute atomic E-state index is 12.7. The lowest BCUT2D eigenvalue weighted by atomic mass is 9.95. The Morgan fingerprint density at radius 3 is 2.54 bits per heavy atom. The Morgan fingerprint density at radius 1 is 1.19 bits per heavy atom. The van der Waals surface area contributed by atoms with Gasteiger partial charge < -0.3 is 14.7 Å². The molecule has 1 saturated heterocycles. The lowest BCUT2D eigenvalue weighted by Gasteiger charge is -2.26. The van der Waals surface area contributed by atoms with Gasteiger partial charge in [0.2, 0.25) is 0 Å². The second-order valence-corrected chi connectivity index (χ2v) is 5.97. The predicted molar refractivity (Wildman–Crippen MR) is 96.5 cm³/mol. The van der Waals surface area contributed by atoms with E-state index in [1.54, 1.807) is 24.3 Å². The van der Waals surface area contributed by atoms with E-state index in [0.29, 0.717) is 29.8 Å². The highest BCUT2D eigenvalue weighted by Gasteiger charge is 2.46. The van der Waals surface area contributed by atoms with Crippen molar-refractivity contribution in [3.8, 4) is 5.75 Å². The number of hydrogen-bond donors (Lipinski definition) is 1. The maximum atomic E-state index is 12.7. The van der Waals surface area contributed by atoms with Crippen LogP contribution in [-0.4, -0.2) is 40.3 Å². The van der Waals surface area contributed by atoms with Gasteiger partial charge in [-0.1, -0.05) is 25.1 Å². The topological polar surface area (TPSA) is 79.7 Å². The number of carbonyl (C=O) groups is 2. The molecule has 2 heterocycles. The molecule has 0 spiro atoms. The molecule has 3 rings (SSSR count). The molecule has 1 aromatic heterocycles. The molecule has 1 aromatic carbocycles. The van der Waals surface area contributed by atoms with Crippen LogP contribution in [0.3, 0.4) is 0 Å². The van der Waals surface area contributed by atoms with Gasteiger partial charge in [-0.3, -0.25) is 14.6 Å². The van der Waals surface area contributed by atoms with E-state index in [4.69, 9.17) is 4.74 Å². The van der Waals surface area contributed by atoms with Crippen LogP contribution in [0.4, 0.5) is 0 Å². The summed E-state index contributed by atoms with van der Waals surface area (Å²) in [6.07, 6.45) is 3.73. The van der Waals surface area contributed by atoms with Gasteiger partial charge in [0, 0.05) is 30.1 Å². The molecule has 0 saturated carbocycles. The molecule has 0 bridgehead atoms. The molecule has 1 aliphatic rings. The number of aliphatic hydroxyl groups is 1. The molecular formula is C20H20N2O4. The lowest BCUT2D eigenvalue weighted by molar-refractivity contribution is -0.139. The third-order valence-electron chi connectivity index (χ3n) is 4.39. The van der Waals surface area contributed by atoms with Gasteiger partial charge in [0.15, 0.2) is 0 Å². The largest absolute Gasteiger partial charge is 0.507 e. The minimum absolute atomic E-state index is 0.0687. The molecule has 134 valence electrons. The number of benzene rings is 1. The molecule has 1 unspecified atom stereocenters. The van der Waals surface area contributed by atoms with Gasteiger partial charge in [0.1, 0.15) is 11.5 Å². The van der Waals surface area contributed by atoms with Crippen LogP contribution < -0.4 is 4.74 Å². The van der Waals surface area contributed by atoms with Crippen molar-refractivity contribution in [2.75, 3.05) is 13.7 Å². The number of carbonyl (C=O) groups excluding carboxylic acids is 2. The summed E-state index contributed by atoms with van der Waals surface area (Å²) < 4.78 is 5.42. The van der Waals surface area contributed by atoms with E-state index in [2.05, 4.69) is 4.98 Å². The monoisotopic (exact) mass is 352 g/mol. The van der Waals surface area contributed by atoms with Gasteiger partial charge >= 0.3 is 0 Å². The van der Waals surface area contributed by atoms with Crippen molar-refractivity contribution >= 4 is 17.4 Å². The number of aliphatic hydroxyl groups excluding tert-OH is 1. The van der Waals surface area contributed by atoms with E-state index in [1.807, 2.05) is 19.1 Å². The molecule has 6 nitrogen and oxygen atoms in total. The highest BCUT2D eigenvalue weighted by molar-refractivity contribution is 6.46. The number of aromatic nitrogens is 1. The number of amides is 1. The molecule has 1 N–H and O–H groups in total. The molecule has 0 aliphatic carbocycles. The van der Waals surface area contributed by atoms with Crippen molar-refractivity contribution in [3.63, 3.8) is 0 Å². The summed E-state index contributed by atoms with van der Waals surface area (Å²) in [5.41, 5.74) is 1.17. The van der Waals surface area contributed by atoms with Gasteiger partial charge in [-0.05, 0) is 24.6 Å². The SMILES string of the molecule is CCCN1C(=O)C(=O)/C(=C(\O)c2ccncc2)C1c1ccccc1OC.